The molecule has 1 fully saturated rings. The van der Waals surface area contributed by atoms with Gasteiger partial charge in [0.25, 0.3) is 5.56 Å². The quantitative estimate of drug-likeness (QED) is 0.475. The van der Waals surface area contributed by atoms with E-state index in [1.54, 1.807) is 18.2 Å². The molecule has 1 aliphatic heterocycles. The second kappa shape index (κ2) is 10.7. The van der Waals surface area contributed by atoms with Crippen LogP contribution >= 0.6 is 0 Å². The first kappa shape index (κ1) is 25.1. The first-order valence-electron chi connectivity index (χ1n) is 11.4. The van der Waals surface area contributed by atoms with Crippen molar-refractivity contribution >= 4 is 22.5 Å². The molecule has 2 aromatic carbocycles. The summed E-state index contributed by atoms with van der Waals surface area (Å²) < 4.78 is 29.3. The van der Waals surface area contributed by atoms with Gasteiger partial charge >= 0.3 is 5.69 Å². The molecule has 0 radical (unpaired) electrons. The van der Waals surface area contributed by atoms with Crippen LogP contribution in [-0.2, 0) is 22.6 Å². The van der Waals surface area contributed by atoms with Gasteiger partial charge in [-0.1, -0.05) is 0 Å². The predicted molar refractivity (Wildman–Crippen MR) is 133 cm³/mol. The van der Waals surface area contributed by atoms with Gasteiger partial charge in [0.2, 0.25) is 5.91 Å². The molecule has 0 aliphatic carbocycles. The smallest absolute Gasteiger partial charge is 0.332 e. The van der Waals surface area contributed by atoms with E-state index in [4.69, 9.17) is 23.7 Å². The zero-order valence-corrected chi connectivity index (χ0v) is 20.7. The van der Waals surface area contributed by atoms with Gasteiger partial charge in [-0.25, -0.2) is 4.79 Å². The zero-order chi connectivity index (χ0) is 25.8. The van der Waals surface area contributed by atoms with E-state index in [0.717, 1.165) is 17.4 Å². The van der Waals surface area contributed by atoms with E-state index in [2.05, 4.69) is 5.32 Å². The second-order valence-electron chi connectivity index (χ2n) is 8.26. The number of methoxy groups -OCH3 is 4. The highest BCUT2D eigenvalue weighted by Crippen LogP contribution is 2.31. The maximum absolute atomic E-state index is 13.5. The van der Waals surface area contributed by atoms with E-state index in [-0.39, 0.29) is 30.1 Å². The molecule has 0 spiro atoms. The lowest BCUT2D eigenvalue weighted by molar-refractivity contribution is -0.116. The van der Waals surface area contributed by atoms with Gasteiger partial charge in [-0.3, -0.25) is 18.7 Å². The Labute approximate surface area is 207 Å². The van der Waals surface area contributed by atoms with Crippen LogP contribution in [0.1, 0.15) is 12.8 Å². The number of nitrogens with one attached hydrogen (secondary N) is 1. The van der Waals surface area contributed by atoms with Gasteiger partial charge in [0.05, 0.1) is 52.0 Å². The molecular formula is C25H29N3O8. The fourth-order valence-corrected chi connectivity index (χ4v) is 4.31. The second-order valence-corrected chi connectivity index (χ2v) is 8.26. The minimum absolute atomic E-state index is 0.0965. The van der Waals surface area contributed by atoms with E-state index in [1.165, 1.54) is 45.1 Å². The Morgan fingerprint density at radius 2 is 1.61 bits per heavy atom. The van der Waals surface area contributed by atoms with Crippen molar-refractivity contribution in [3.05, 3.63) is 51.2 Å². The first-order valence-corrected chi connectivity index (χ1v) is 11.4. The molecule has 0 bridgehead atoms. The van der Waals surface area contributed by atoms with Gasteiger partial charge in [-0.2, -0.15) is 0 Å². The molecule has 1 saturated heterocycles. The molecule has 3 aromatic rings. The van der Waals surface area contributed by atoms with E-state index in [0.29, 0.717) is 35.3 Å². The van der Waals surface area contributed by atoms with Crippen molar-refractivity contribution in [2.45, 2.75) is 32.0 Å². The lowest BCUT2D eigenvalue weighted by atomic mass is 10.2. The lowest BCUT2D eigenvalue weighted by Crippen LogP contribution is -2.43. The third-order valence-corrected chi connectivity index (χ3v) is 6.11. The Bertz CT molecular complexity index is 1390. The molecular weight excluding hydrogens is 470 g/mol. The Morgan fingerprint density at radius 3 is 2.25 bits per heavy atom. The van der Waals surface area contributed by atoms with Crippen LogP contribution in [0.15, 0.2) is 39.9 Å². The number of fused-ring (bicyclic) bond motifs is 1. The maximum Gasteiger partial charge on any atom is 0.332 e. The molecule has 0 unspecified atom stereocenters. The summed E-state index contributed by atoms with van der Waals surface area (Å²) in [6, 6.07) is 7.98. The fraction of sp³-hybridized carbons (Fsp3) is 0.400. The summed E-state index contributed by atoms with van der Waals surface area (Å²) in [7, 11) is 5.92. The van der Waals surface area contributed by atoms with Crippen LogP contribution in [0.4, 0.5) is 5.69 Å². The van der Waals surface area contributed by atoms with E-state index >= 15 is 0 Å². The number of amides is 1. The predicted octanol–water partition coefficient (Wildman–Crippen LogP) is 2.02. The molecule has 1 N–H and O–H groups in total. The van der Waals surface area contributed by atoms with Crippen LogP contribution < -0.4 is 35.5 Å². The summed E-state index contributed by atoms with van der Waals surface area (Å²) in [5.41, 5.74) is -0.378. The first-order chi connectivity index (χ1) is 17.4. The van der Waals surface area contributed by atoms with Crippen LogP contribution in [0.2, 0.25) is 0 Å². The minimum atomic E-state index is -0.613. The Morgan fingerprint density at radius 1 is 0.944 bits per heavy atom. The van der Waals surface area contributed by atoms with E-state index in [9.17, 15) is 14.4 Å². The molecule has 192 valence electrons. The molecule has 0 saturated carbocycles. The van der Waals surface area contributed by atoms with Gasteiger partial charge in [-0.15, -0.1) is 0 Å². The van der Waals surface area contributed by atoms with E-state index < -0.39 is 17.2 Å². The summed E-state index contributed by atoms with van der Waals surface area (Å²) in [4.78, 5) is 39.9. The van der Waals surface area contributed by atoms with E-state index in [1.807, 2.05) is 0 Å². The monoisotopic (exact) mass is 499 g/mol. The normalized spacial score (nSPS) is 15.1. The number of hydrogen-bond acceptors (Lipinski definition) is 8. The van der Waals surface area contributed by atoms with Gasteiger partial charge in [-0.05, 0) is 31.0 Å². The standard InChI is InChI=1S/C25H29N3O8/c1-32-19-8-7-15(10-20(19)33-2)26-23(29)14-27-18-12-22(35-4)21(34-3)11-17(18)24(30)28(25(27)31)13-16-6-5-9-36-16/h7-8,10-12,16H,5-6,9,13-14H2,1-4H3,(H,26,29)/t16-/m0/s1. The topological polar surface area (TPSA) is 119 Å². The molecule has 1 aliphatic rings. The number of rotatable bonds is 9. The average Bonchev–Trinajstić information content (AvgIpc) is 3.41. The largest absolute Gasteiger partial charge is 0.493 e. The lowest BCUT2D eigenvalue weighted by Gasteiger charge is -2.18. The number of nitrogens with zero attached hydrogens (tertiary/aromatic N) is 2. The molecule has 11 heteroatoms. The zero-order valence-electron chi connectivity index (χ0n) is 20.7. The van der Waals surface area contributed by atoms with Crippen LogP contribution in [0, 0.1) is 0 Å². The summed E-state index contributed by atoms with van der Waals surface area (Å²) in [6.45, 7) is 0.337. The summed E-state index contributed by atoms with van der Waals surface area (Å²) >= 11 is 0. The highest BCUT2D eigenvalue weighted by molar-refractivity contribution is 5.92. The van der Waals surface area contributed by atoms with Crippen LogP contribution in [0.5, 0.6) is 23.0 Å². The molecule has 1 atom stereocenters. The molecule has 1 aromatic heterocycles. The van der Waals surface area contributed by atoms with Gasteiger partial charge in [0, 0.05) is 24.4 Å². The molecule has 11 nitrogen and oxygen atoms in total. The number of carbonyl (C=O) groups excluding carboxylic acids is 1. The average molecular weight is 500 g/mol. The molecule has 2 heterocycles. The van der Waals surface area contributed by atoms with Crippen LogP contribution in [0.3, 0.4) is 0 Å². The number of benzene rings is 2. The third-order valence-electron chi connectivity index (χ3n) is 6.11. The molecule has 4 rings (SSSR count). The Balaban J connectivity index is 1.77. The summed E-state index contributed by atoms with van der Waals surface area (Å²) in [5, 5.41) is 2.99. The number of hydrogen-bond donors (Lipinski definition) is 1. The van der Waals surface area contributed by atoms with Gasteiger partial charge in [0.1, 0.15) is 6.54 Å². The summed E-state index contributed by atoms with van der Waals surface area (Å²) in [6.07, 6.45) is 1.36. The number of ether oxygens (including phenoxy) is 5. The van der Waals surface area contributed by atoms with Crippen molar-refractivity contribution in [1.82, 2.24) is 9.13 Å². The number of aromatic nitrogens is 2. The van der Waals surface area contributed by atoms with Gasteiger partial charge < -0.3 is 29.0 Å². The Hall–Kier alpha value is -3.99. The Kier molecular flexibility index (Phi) is 7.49. The molecule has 1 amide bonds. The summed E-state index contributed by atoms with van der Waals surface area (Å²) in [5.74, 6) is 1.16. The maximum atomic E-state index is 13.5. The van der Waals surface area contributed by atoms with Gasteiger partial charge in [0.15, 0.2) is 23.0 Å². The van der Waals surface area contributed by atoms with Crippen molar-refractivity contribution in [3.8, 4) is 23.0 Å². The van der Waals surface area contributed by atoms with Crippen molar-refractivity contribution in [2.75, 3.05) is 40.4 Å². The SMILES string of the molecule is COc1ccc(NC(=O)Cn2c(=O)n(C[C@@H]3CCCO3)c(=O)c3cc(OC)c(OC)cc32)cc1OC. The minimum Gasteiger partial charge on any atom is -0.493 e. The highest BCUT2D eigenvalue weighted by Gasteiger charge is 2.23. The molecule has 36 heavy (non-hydrogen) atoms. The highest BCUT2D eigenvalue weighted by atomic mass is 16.5. The van der Waals surface area contributed by atoms with Crippen molar-refractivity contribution in [1.29, 1.82) is 0 Å². The third kappa shape index (κ3) is 4.87. The van der Waals surface area contributed by atoms with Crippen molar-refractivity contribution < 1.29 is 28.5 Å². The fourth-order valence-electron chi connectivity index (χ4n) is 4.31. The number of anilines is 1. The van der Waals surface area contributed by atoms with Crippen LogP contribution in [0.25, 0.3) is 10.9 Å². The van der Waals surface area contributed by atoms with Crippen molar-refractivity contribution in [3.63, 3.8) is 0 Å². The van der Waals surface area contributed by atoms with Crippen LogP contribution in [-0.4, -0.2) is 56.2 Å². The number of carbonyl (C=O) groups is 1. The van der Waals surface area contributed by atoms with Crippen molar-refractivity contribution in [2.24, 2.45) is 0 Å².